The van der Waals surface area contributed by atoms with Gasteiger partial charge in [-0.15, -0.1) is 0 Å². The molecule has 18 heavy (non-hydrogen) atoms. The number of halogens is 1. The highest BCUT2D eigenvalue weighted by molar-refractivity contribution is 7.89. The van der Waals surface area contributed by atoms with Gasteiger partial charge < -0.3 is 4.74 Å². The van der Waals surface area contributed by atoms with Crippen molar-refractivity contribution in [2.75, 3.05) is 6.61 Å². The molecule has 0 unspecified atom stereocenters. The molecule has 2 rings (SSSR count). The summed E-state index contributed by atoms with van der Waals surface area (Å²) in [5.41, 5.74) is 0. The molecule has 0 aliphatic carbocycles. The van der Waals surface area contributed by atoms with Gasteiger partial charge in [0.2, 0.25) is 10.0 Å². The fourth-order valence-electron chi connectivity index (χ4n) is 2.02. The summed E-state index contributed by atoms with van der Waals surface area (Å²) in [6.07, 6.45) is 1.68. The van der Waals surface area contributed by atoms with Crippen LogP contribution in [0, 0.1) is 5.82 Å². The summed E-state index contributed by atoms with van der Waals surface area (Å²) in [4.78, 5) is -0.0626. The minimum Gasteiger partial charge on any atom is -0.377 e. The summed E-state index contributed by atoms with van der Waals surface area (Å²) in [6, 6.07) is 4.64. The lowest BCUT2D eigenvalue weighted by atomic mass is 10.1. The average molecular weight is 273 g/mol. The Kier molecular flexibility index (Phi) is 3.99. The van der Waals surface area contributed by atoms with Crippen molar-refractivity contribution in [3.63, 3.8) is 0 Å². The third-order valence-electron chi connectivity index (χ3n) is 2.97. The highest BCUT2D eigenvalue weighted by atomic mass is 32.2. The third kappa shape index (κ3) is 3.07. The summed E-state index contributed by atoms with van der Waals surface area (Å²) < 4.78 is 45.0. The van der Waals surface area contributed by atoms with Crippen LogP contribution in [0.25, 0.3) is 0 Å². The number of benzene rings is 1. The monoisotopic (exact) mass is 273 g/mol. The first kappa shape index (κ1) is 13.5. The van der Waals surface area contributed by atoms with Crippen LogP contribution >= 0.6 is 0 Å². The van der Waals surface area contributed by atoms with Gasteiger partial charge in [-0.05, 0) is 38.0 Å². The van der Waals surface area contributed by atoms with Gasteiger partial charge in [0.15, 0.2) is 0 Å². The number of ether oxygens (including phenoxy) is 1. The van der Waals surface area contributed by atoms with Gasteiger partial charge in [0.05, 0.1) is 11.0 Å². The molecule has 100 valence electrons. The normalized spacial score (nSPS) is 22.0. The summed E-state index contributed by atoms with van der Waals surface area (Å²) in [6.45, 7) is 2.42. The van der Waals surface area contributed by atoms with Gasteiger partial charge in [-0.1, -0.05) is 6.07 Å². The average Bonchev–Trinajstić information content (AvgIpc) is 2.82. The number of hydrogen-bond donors (Lipinski definition) is 1. The standard InChI is InChI=1S/C12H16FNO3S/c1-9(12-6-3-7-17-12)14-18(15,16)11-5-2-4-10(13)8-11/h2,4-5,8-9,12,14H,3,6-7H2,1H3/t9-,12+/m0/s1. The summed E-state index contributed by atoms with van der Waals surface area (Å²) in [5.74, 6) is -0.567. The molecular formula is C12H16FNO3S. The van der Waals surface area contributed by atoms with Crippen LogP contribution in [0.2, 0.25) is 0 Å². The first-order chi connectivity index (χ1) is 8.49. The number of sulfonamides is 1. The Morgan fingerprint density at radius 2 is 2.28 bits per heavy atom. The van der Waals surface area contributed by atoms with Gasteiger partial charge in [0.1, 0.15) is 5.82 Å². The van der Waals surface area contributed by atoms with E-state index < -0.39 is 15.8 Å². The third-order valence-corrected chi connectivity index (χ3v) is 4.53. The van der Waals surface area contributed by atoms with Crippen LogP contribution < -0.4 is 4.72 Å². The molecule has 4 nitrogen and oxygen atoms in total. The second-order valence-corrected chi connectivity index (χ2v) is 6.13. The second-order valence-electron chi connectivity index (χ2n) is 4.42. The van der Waals surface area contributed by atoms with E-state index in [0.717, 1.165) is 18.9 Å². The molecule has 0 bridgehead atoms. The number of nitrogens with one attached hydrogen (secondary N) is 1. The number of hydrogen-bond acceptors (Lipinski definition) is 3. The fourth-order valence-corrected chi connectivity index (χ4v) is 3.32. The predicted octanol–water partition coefficient (Wildman–Crippen LogP) is 1.67. The largest absolute Gasteiger partial charge is 0.377 e. The van der Waals surface area contributed by atoms with Crippen LogP contribution in [0.1, 0.15) is 19.8 Å². The van der Waals surface area contributed by atoms with E-state index in [4.69, 9.17) is 4.74 Å². The van der Waals surface area contributed by atoms with Crippen LogP contribution in [0.15, 0.2) is 29.2 Å². The van der Waals surface area contributed by atoms with Crippen molar-refractivity contribution in [1.82, 2.24) is 4.72 Å². The summed E-state index contributed by atoms with van der Waals surface area (Å²) >= 11 is 0. The Labute approximate surface area is 106 Å². The maximum absolute atomic E-state index is 13.0. The van der Waals surface area contributed by atoms with Crippen molar-refractivity contribution in [2.45, 2.75) is 36.8 Å². The maximum Gasteiger partial charge on any atom is 0.241 e. The van der Waals surface area contributed by atoms with E-state index in [1.165, 1.54) is 18.2 Å². The lowest BCUT2D eigenvalue weighted by Crippen LogP contribution is -2.40. The molecule has 1 fully saturated rings. The van der Waals surface area contributed by atoms with E-state index >= 15 is 0 Å². The molecule has 1 saturated heterocycles. The molecule has 0 aromatic heterocycles. The van der Waals surface area contributed by atoms with Crippen LogP contribution in [-0.2, 0) is 14.8 Å². The van der Waals surface area contributed by atoms with Gasteiger partial charge in [-0.3, -0.25) is 0 Å². The molecule has 0 spiro atoms. The zero-order valence-electron chi connectivity index (χ0n) is 10.1. The van der Waals surface area contributed by atoms with Crippen molar-refractivity contribution in [1.29, 1.82) is 0 Å². The Bertz CT molecular complexity index is 512. The van der Waals surface area contributed by atoms with Crippen LogP contribution in [-0.4, -0.2) is 27.2 Å². The summed E-state index contributed by atoms with van der Waals surface area (Å²) in [5, 5.41) is 0. The minimum absolute atomic E-state index is 0.0626. The molecule has 0 radical (unpaired) electrons. The highest BCUT2D eigenvalue weighted by Crippen LogP contribution is 2.18. The Morgan fingerprint density at radius 1 is 1.50 bits per heavy atom. The maximum atomic E-state index is 13.0. The van der Waals surface area contributed by atoms with Crippen LogP contribution in [0.5, 0.6) is 0 Å². The second kappa shape index (κ2) is 5.34. The topological polar surface area (TPSA) is 55.4 Å². The van der Waals surface area contributed by atoms with E-state index in [1.54, 1.807) is 6.92 Å². The van der Waals surface area contributed by atoms with E-state index in [-0.39, 0.29) is 17.0 Å². The molecule has 1 aromatic carbocycles. The smallest absolute Gasteiger partial charge is 0.241 e. The molecule has 6 heteroatoms. The Hall–Kier alpha value is -0.980. The highest BCUT2D eigenvalue weighted by Gasteiger charge is 2.26. The van der Waals surface area contributed by atoms with E-state index in [9.17, 15) is 12.8 Å². The van der Waals surface area contributed by atoms with Crippen molar-refractivity contribution in [3.05, 3.63) is 30.1 Å². The minimum atomic E-state index is -3.69. The summed E-state index contributed by atoms with van der Waals surface area (Å²) in [7, 11) is -3.69. The predicted molar refractivity (Wildman–Crippen MR) is 65.2 cm³/mol. The quantitative estimate of drug-likeness (QED) is 0.908. The molecule has 1 aromatic rings. The van der Waals surface area contributed by atoms with Gasteiger partial charge in [-0.25, -0.2) is 17.5 Å². The van der Waals surface area contributed by atoms with Crippen molar-refractivity contribution < 1.29 is 17.5 Å². The van der Waals surface area contributed by atoms with Crippen LogP contribution in [0.4, 0.5) is 4.39 Å². The molecule has 2 atom stereocenters. The molecule has 1 heterocycles. The van der Waals surface area contributed by atoms with Gasteiger partial charge in [-0.2, -0.15) is 0 Å². The zero-order chi connectivity index (χ0) is 13.2. The lowest BCUT2D eigenvalue weighted by molar-refractivity contribution is 0.0902. The van der Waals surface area contributed by atoms with Crippen LogP contribution in [0.3, 0.4) is 0 Å². The number of rotatable bonds is 4. The Morgan fingerprint density at radius 3 is 2.89 bits per heavy atom. The molecule has 1 aliphatic rings. The molecule has 1 aliphatic heterocycles. The first-order valence-corrected chi connectivity index (χ1v) is 7.37. The zero-order valence-corrected chi connectivity index (χ0v) is 10.9. The lowest BCUT2D eigenvalue weighted by Gasteiger charge is -2.19. The van der Waals surface area contributed by atoms with E-state index in [1.807, 2.05) is 0 Å². The van der Waals surface area contributed by atoms with Crippen molar-refractivity contribution >= 4 is 10.0 Å². The molecule has 0 amide bonds. The SMILES string of the molecule is C[C@H](NS(=O)(=O)c1cccc(F)c1)[C@H]1CCCO1. The fraction of sp³-hybridized carbons (Fsp3) is 0.500. The van der Waals surface area contributed by atoms with Gasteiger partial charge in [0, 0.05) is 12.6 Å². The Balaban J connectivity index is 2.11. The molecule has 0 saturated carbocycles. The van der Waals surface area contributed by atoms with Gasteiger partial charge in [0.25, 0.3) is 0 Å². The van der Waals surface area contributed by atoms with E-state index in [2.05, 4.69) is 4.72 Å². The first-order valence-electron chi connectivity index (χ1n) is 5.88. The van der Waals surface area contributed by atoms with E-state index in [0.29, 0.717) is 6.61 Å². The van der Waals surface area contributed by atoms with Gasteiger partial charge >= 0.3 is 0 Å². The molecular weight excluding hydrogens is 257 g/mol. The van der Waals surface area contributed by atoms with Crippen molar-refractivity contribution in [3.8, 4) is 0 Å². The molecule has 1 N–H and O–H groups in total. The van der Waals surface area contributed by atoms with Crippen molar-refractivity contribution in [2.24, 2.45) is 0 Å².